The normalized spacial score (nSPS) is 11.6. The van der Waals surface area contributed by atoms with Gasteiger partial charge in [0.05, 0.1) is 28.0 Å². The predicted molar refractivity (Wildman–Crippen MR) is 120 cm³/mol. The molecule has 0 aliphatic heterocycles. The number of alkyl halides is 3. The molecule has 170 valence electrons. The number of rotatable bonds is 4. The SMILES string of the molecule is CCNC(=O)Oc1cnc(-c2ccc(-c3nc4c(Br)cc(C(F)(F)F)cc4[nH]3)nc2)c(Cl)c1. The number of hydrogen-bond donors (Lipinski definition) is 2. The second-order valence-corrected chi connectivity index (χ2v) is 8.05. The largest absolute Gasteiger partial charge is 0.416 e. The number of ether oxygens (including phenoxy) is 1. The zero-order valence-electron chi connectivity index (χ0n) is 16.8. The molecule has 0 aliphatic carbocycles. The van der Waals surface area contributed by atoms with Crippen LogP contribution < -0.4 is 10.1 Å². The lowest BCUT2D eigenvalue weighted by Gasteiger charge is -2.08. The van der Waals surface area contributed by atoms with Gasteiger partial charge in [-0.15, -0.1) is 0 Å². The maximum Gasteiger partial charge on any atom is 0.416 e. The number of aromatic amines is 1. The van der Waals surface area contributed by atoms with Gasteiger partial charge in [0.1, 0.15) is 11.2 Å². The van der Waals surface area contributed by atoms with Crippen LogP contribution in [0.3, 0.4) is 0 Å². The highest BCUT2D eigenvalue weighted by Crippen LogP contribution is 2.35. The second kappa shape index (κ2) is 8.99. The van der Waals surface area contributed by atoms with Gasteiger partial charge in [-0.3, -0.25) is 9.97 Å². The van der Waals surface area contributed by atoms with Crippen LogP contribution in [0, 0.1) is 0 Å². The maximum atomic E-state index is 13.1. The van der Waals surface area contributed by atoms with Crippen molar-refractivity contribution in [2.24, 2.45) is 0 Å². The molecule has 0 fully saturated rings. The van der Waals surface area contributed by atoms with Crippen molar-refractivity contribution in [3.05, 3.63) is 57.8 Å². The van der Waals surface area contributed by atoms with Gasteiger partial charge in [-0.1, -0.05) is 11.6 Å². The molecule has 2 N–H and O–H groups in total. The van der Waals surface area contributed by atoms with Crippen LogP contribution in [0.4, 0.5) is 18.0 Å². The first kappa shape index (κ1) is 23.0. The molecule has 1 aromatic carbocycles. The van der Waals surface area contributed by atoms with Gasteiger partial charge >= 0.3 is 12.3 Å². The van der Waals surface area contributed by atoms with E-state index >= 15 is 0 Å². The van der Waals surface area contributed by atoms with Crippen LogP contribution in [0.5, 0.6) is 5.75 Å². The third kappa shape index (κ3) is 4.93. The summed E-state index contributed by atoms with van der Waals surface area (Å²) >= 11 is 9.43. The van der Waals surface area contributed by atoms with E-state index in [0.29, 0.717) is 34.8 Å². The van der Waals surface area contributed by atoms with Crippen LogP contribution in [-0.4, -0.2) is 32.6 Å². The number of carbonyl (C=O) groups is 1. The number of H-pyrrole nitrogens is 1. The molecule has 1 amide bonds. The summed E-state index contributed by atoms with van der Waals surface area (Å²) in [5.74, 6) is 0.492. The third-order valence-electron chi connectivity index (χ3n) is 4.49. The van der Waals surface area contributed by atoms with Crippen LogP contribution in [-0.2, 0) is 6.18 Å². The van der Waals surface area contributed by atoms with E-state index in [0.717, 1.165) is 12.1 Å². The number of fused-ring (bicyclic) bond motifs is 1. The Morgan fingerprint density at radius 1 is 1.21 bits per heavy atom. The van der Waals surface area contributed by atoms with Gasteiger partial charge < -0.3 is 15.0 Å². The number of imidazole rings is 1. The highest BCUT2D eigenvalue weighted by Gasteiger charge is 2.31. The number of hydrogen-bond acceptors (Lipinski definition) is 5. The van der Waals surface area contributed by atoms with Crippen molar-refractivity contribution in [3.8, 4) is 28.5 Å². The minimum atomic E-state index is -4.48. The summed E-state index contributed by atoms with van der Waals surface area (Å²) in [6.45, 7) is 2.18. The van der Waals surface area contributed by atoms with Gasteiger partial charge in [-0.05, 0) is 47.1 Å². The summed E-state index contributed by atoms with van der Waals surface area (Å²) in [6, 6.07) is 6.78. The first-order valence-corrected chi connectivity index (χ1v) is 10.7. The molecule has 4 rings (SSSR count). The van der Waals surface area contributed by atoms with E-state index in [9.17, 15) is 18.0 Å². The van der Waals surface area contributed by atoms with Crippen LogP contribution in [0.25, 0.3) is 33.8 Å². The number of halogens is 5. The number of amides is 1. The van der Waals surface area contributed by atoms with E-state index in [4.69, 9.17) is 16.3 Å². The predicted octanol–water partition coefficient (Wildman–Crippen LogP) is 6.23. The Balaban J connectivity index is 1.60. The summed E-state index contributed by atoms with van der Waals surface area (Å²) in [6.07, 6.45) is -2.22. The van der Waals surface area contributed by atoms with Crippen LogP contribution in [0.1, 0.15) is 12.5 Å². The molecule has 3 aromatic heterocycles. The number of nitrogens with one attached hydrogen (secondary N) is 2. The first-order chi connectivity index (χ1) is 15.7. The average Bonchev–Trinajstić information content (AvgIpc) is 3.19. The van der Waals surface area contributed by atoms with Crippen LogP contribution in [0.2, 0.25) is 5.02 Å². The van der Waals surface area contributed by atoms with Gasteiger partial charge in [-0.25, -0.2) is 9.78 Å². The van der Waals surface area contributed by atoms with Crippen molar-refractivity contribution >= 4 is 44.7 Å². The number of benzene rings is 1. The molecule has 3 heterocycles. The number of aromatic nitrogens is 4. The number of nitrogens with zero attached hydrogens (tertiary/aromatic N) is 3. The summed E-state index contributed by atoms with van der Waals surface area (Å²) in [4.78, 5) is 27.3. The summed E-state index contributed by atoms with van der Waals surface area (Å²) in [5.41, 5.74) is 1.22. The molecule has 4 aromatic rings. The maximum absolute atomic E-state index is 13.1. The van der Waals surface area contributed by atoms with Gasteiger partial charge in [0, 0.05) is 28.8 Å². The summed E-state index contributed by atoms with van der Waals surface area (Å²) in [5, 5.41) is 2.74. The first-order valence-electron chi connectivity index (χ1n) is 9.50. The monoisotopic (exact) mass is 539 g/mol. The fourth-order valence-electron chi connectivity index (χ4n) is 3.01. The fourth-order valence-corrected chi connectivity index (χ4v) is 3.82. The quantitative estimate of drug-likeness (QED) is 0.320. The van der Waals surface area contributed by atoms with Crippen molar-refractivity contribution < 1.29 is 22.7 Å². The highest BCUT2D eigenvalue weighted by atomic mass is 79.9. The van der Waals surface area contributed by atoms with E-state index in [2.05, 4.69) is 41.2 Å². The Bertz CT molecular complexity index is 1340. The van der Waals surface area contributed by atoms with E-state index in [1.807, 2.05) is 0 Å². The Labute approximate surface area is 198 Å². The molecular formula is C21H14BrClF3N5O2. The number of pyridine rings is 2. The van der Waals surface area contributed by atoms with Gasteiger partial charge in [0.2, 0.25) is 0 Å². The molecule has 7 nitrogen and oxygen atoms in total. The molecule has 0 spiro atoms. The fraction of sp³-hybridized carbons (Fsp3) is 0.143. The Hall–Kier alpha value is -3.18. The average molecular weight is 541 g/mol. The Morgan fingerprint density at radius 2 is 2.00 bits per heavy atom. The molecule has 12 heteroatoms. The minimum Gasteiger partial charge on any atom is -0.409 e. The molecule has 0 aliphatic rings. The lowest BCUT2D eigenvalue weighted by Crippen LogP contribution is -2.26. The minimum absolute atomic E-state index is 0.186. The molecule has 33 heavy (non-hydrogen) atoms. The lowest BCUT2D eigenvalue weighted by molar-refractivity contribution is -0.137. The molecule has 0 unspecified atom stereocenters. The molecule has 0 saturated carbocycles. The van der Waals surface area contributed by atoms with Crippen molar-refractivity contribution in [1.29, 1.82) is 0 Å². The molecule has 0 bridgehead atoms. The van der Waals surface area contributed by atoms with E-state index < -0.39 is 17.8 Å². The molecule has 0 saturated heterocycles. The lowest BCUT2D eigenvalue weighted by atomic mass is 10.1. The van der Waals surface area contributed by atoms with Gasteiger partial charge in [0.15, 0.2) is 11.6 Å². The standard InChI is InChI=1S/C21H14BrClF3N5O2/c1-2-27-20(32)33-12-7-14(23)17(29-9-12)10-3-4-15(28-8-10)19-30-16-6-11(21(24,25)26)5-13(22)18(16)31-19/h3-9H,2H2,1H3,(H,27,32)(H,30,31). The smallest absolute Gasteiger partial charge is 0.409 e. The third-order valence-corrected chi connectivity index (χ3v) is 5.39. The second-order valence-electron chi connectivity index (χ2n) is 6.79. The zero-order valence-corrected chi connectivity index (χ0v) is 19.1. The summed E-state index contributed by atoms with van der Waals surface area (Å²) < 4.78 is 44.5. The topological polar surface area (TPSA) is 92.8 Å². The van der Waals surface area contributed by atoms with Crippen molar-refractivity contribution in [1.82, 2.24) is 25.3 Å². The Morgan fingerprint density at radius 3 is 2.64 bits per heavy atom. The van der Waals surface area contributed by atoms with Crippen LogP contribution in [0.15, 0.2) is 47.2 Å². The van der Waals surface area contributed by atoms with E-state index in [1.165, 1.54) is 18.5 Å². The molecule has 0 atom stereocenters. The van der Waals surface area contributed by atoms with Gasteiger partial charge in [0.25, 0.3) is 0 Å². The van der Waals surface area contributed by atoms with Crippen molar-refractivity contribution in [2.75, 3.05) is 6.54 Å². The van der Waals surface area contributed by atoms with Crippen molar-refractivity contribution in [2.45, 2.75) is 13.1 Å². The Kier molecular flexibility index (Phi) is 6.26. The molecular weight excluding hydrogens is 527 g/mol. The number of carbonyl (C=O) groups excluding carboxylic acids is 1. The molecule has 0 radical (unpaired) electrons. The highest BCUT2D eigenvalue weighted by molar-refractivity contribution is 9.10. The summed E-state index contributed by atoms with van der Waals surface area (Å²) in [7, 11) is 0. The van der Waals surface area contributed by atoms with E-state index in [-0.39, 0.29) is 20.8 Å². The van der Waals surface area contributed by atoms with Crippen molar-refractivity contribution in [3.63, 3.8) is 0 Å². The van der Waals surface area contributed by atoms with E-state index in [1.54, 1.807) is 19.1 Å². The zero-order chi connectivity index (χ0) is 23.8. The van der Waals surface area contributed by atoms with Crippen LogP contribution >= 0.6 is 27.5 Å². The van der Waals surface area contributed by atoms with Gasteiger partial charge in [-0.2, -0.15) is 13.2 Å².